The van der Waals surface area contributed by atoms with Gasteiger partial charge in [0.05, 0.1) is 0 Å². The molecule has 0 aliphatic carbocycles. The van der Waals surface area contributed by atoms with Crippen molar-refractivity contribution in [3.05, 3.63) is 84.0 Å². The molecule has 154 valence electrons. The van der Waals surface area contributed by atoms with Gasteiger partial charge in [0.1, 0.15) is 6.67 Å². The van der Waals surface area contributed by atoms with Gasteiger partial charge in [0, 0.05) is 11.1 Å². The lowest BCUT2D eigenvalue weighted by atomic mass is 10.1. The Morgan fingerprint density at radius 1 is 1.00 bits per heavy atom. The normalized spacial score (nSPS) is 11.7. The molecule has 1 aromatic carbocycles. The standard InChI is InChI=1S/C21H18F4O4/c1-11(2)20(26)28-18(17(25)10-22)7-6-13(5)14-8-15(23)19(16(24)9-14)29-21(27)12(3)4/h6-9H,1,3,5,10H2,2,4H3/b7-6-,18-17-. The quantitative estimate of drug-likeness (QED) is 0.146. The first-order chi connectivity index (χ1) is 13.5. The zero-order chi connectivity index (χ0) is 22.3. The van der Waals surface area contributed by atoms with Gasteiger partial charge in [0.25, 0.3) is 0 Å². The molecule has 1 aromatic rings. The molecule has 0 saturated carbocycles. The molecule has 0 N–H and O–H groups in total. The molecule has 8 heteroatoms. The number of ether oxygens (including phenoxy) is 2. The lowest BCUT2D eigenvalue weighted by molar-refractivity contribution is -0.134. The Bertz CT molecular complexity index is 919. The maximum atomic E-state index is 14.1. The number of carbonyl (C=O) groups excluding carboxylic acids is 2. The molecule has 0 aliphatic rings. The second-order valence-electron chi connectivity index (χ2n) is 5.87. The molecule has 0 amide bonds. The van der Waals surface area contributed by atoms with Crippen molar-refractivity contribution in [3.63, 3.8) is 0 Å². The van der Waals surface area contributed by atoms with E-state index in [4.69, 9.17) is 0 Å². The third-order valence-corrected chi connectivity index (χ3v) is 3.28. The summed E-state index contributed by atoms with van der Waals surface area (Å²) >= 11 is 0. The number of carbonyl (C=O) groups is 2. The van der Waals surface area contributed by atoms with Gasteiger partial charge in [0.2, 0.25) is 5.75 Å². The van der Waals surface area contributed by atoms with E-state index in [1.54, 1.807) is 0 Å². The van der Waals surface area contributed by atoms with Crippen LogP contribution in [-0.4, -0.2) is 18.6 Å². The van der Waals surface area contributed by atoms with Crippen molar-refractivity contribution in [2.75, 3.05) is 6.67 Å². The van der Waals surface area contributed by atoms with Crippen molar-refractivity contribution in [1.82, 2.24) is 0 Å². The highest BCUT2D eigenvalue weighted by Crippen LogP contribution is 2.27. The number of rotatable bonds is 8. The number of halogens is 4. The number of hydrogen-bond acceptors (Lipinski definition) is 4. The van der Waals surface area contributed by atoms with E-state index < -0.39 is 47.6 Å². The first-order valence-electron chi connectivity index (χ1n) is 8.04. The van der Waals surface area contributed by atoms with E-state index in [9.17, 15) is 27.2 Å². The van der Waals surface area contributed by atoms with Crippen LogP contribution in [0.1, 0.15) is 19.4 Å². The van der Waals surface area contributed by atoms with E-state index in [0.29, 0.717) is 0 Å². The molecule has 4 nitrogen and oxygen atoms in total. The molecule has 0 atom stereocenters. The third kappa shape index (κ3) is 6.60. The summed E-state index contributed by atoms with van der Waals surface area (Å²) in [5, 5.41) is 0. The summed E-state index contributed by atoms with van der Waals surface area (Å²) in [7, 11) is 0. The topological polar surface area (TPSA) is 52.6 Å². The number of alkyl halides is 1. The Labute approximate surface area is 165 Å². The number of allylic oxidation sites excluding steroid dienone is 4. The Kier molecular flexibility index (Phi) is 8.32. The van der Waals surface area contributed by atoms with Crippen LogP contribution in [0.4, 0.5) is 17.6 Å². The van der Waals surface area contributed by atoms with Gasteiger partial charge < -0.3 is 9.47 Å². The van der Waals surface area contributed by atoms with Crippen LogP contribution in [-0.2, 0) is 14.3 Å². The van der Waals surface area contributed by atoms with Crippen LogP contribution in [0.5, 0.6) is 5.75 Å². The fourth-order valence-electron chi connectivity index (χ4n) is 1.73. The summed E-state index contributed by atoms with van der Waals surface area (Å²) in [5.41, 5.74) is -0.224. The summed E-state index contributed by atoms with van der Waals surface area (Å²) in [4.78, 5) is 22.9. The van der Waals surface area contributed by atoms with Crippen LogP contribution in [0.15, 0.2) is 66.8 Å². The Morgan fingerprint density at radius 3 is 1.97 bits per heavy atom. The van der Waals surface area contributed by atoms with Crippen LogP contribution in [0.3, 0.4) is 0 Å². The second kappa shape index (κ2) is 10.2. The van der Waals surface area contributed by atoms with Gasteiger partial charge in [0.15, 0.2) is 23.2 Å². The van der Waals surface area contributed by atoms with Crippen molar-refractivity contribution in [3.8, 4) is 5.75 Å². The number of hydrogen-bond donors (Lipinski definition) is 0. The lowest BCUT2D eigenvalue weighted by Crippen LogP contribution is -2.11. The molecule has 0 heterocycles. The highest BCUT2D eigenvalue weighted by Gasteiger charge is 2.18. The van der Waals surface area contributed by atoms with Crippen LogP contribution < -0.4 is 4.74 Å². The predicted octanol–water partition coefficient (Wildman–Crippen LogP) is 5.29. The number of benzene rings is 1. The maximum Gasteiger partial charge on any atom is 0.338 e. The van der Waals surface area contributed by atoms with Crippen molar-refractivity contribution in [2.45, 2.75) is 13.8 Å². The van der Waals surface area contributed by atoms with Gasteiger partial charge in [-0.05, 0) is 43.2 Å². The van der Waals surface area contributed by atoms with Crippen LogP contribution in [0, 0.1) is 11.6 Å². The minimum atomic E-state index is -1.54. The summed E-state index contributed by atoms with van der Waals surface area (Å²) in [6, 6.07) is 1.65. The fourth-order valence-corrected chi connectivity index (χ4v) is 1.73. The first kappa shape index (κ1) is 23.6. The summed E-state index contributed by atoms with van der Waals surface area (Å²) in [6.45, 7) is 11.3. The van der Waals surface area contributed by atoms with Crippen molar-refractivity contribution in [1.29, 1.82) is 0 Å². The monoisotopic (exact) mass is 410 g/mol. The average Bonchev–Trinajstić information content (AvgIpc) is 2.65. The predicted molar refractivity (Wildman–Crippen MR) is 100.0 cm³/mol. The van der Waals surface area contributed by atoms with E-state index >= 15 is 0 Å². The van der Waals surface area contributed by atoms with E-state index in [0.717, 1.165) is 24.3 Å². The summed E-state index contributed by atoms with van der Waals surface area (Å²) in [5.74, 6) is -7.41. The van der Waals surface area contributed by atoms with Gasteiger partial charge in [-0.1, -0.05) is 25.8 Å². The van der Waals surface area contributed by atoms with Gasteiger partial charge in [-0.15, -0.1) is 0 Å². The van der Waals surface area contributed by atoms with Crippen LogP contribution >= 0.6 is 0 Å². The van der Waals surface area contributed by atoms with E-state index in [-0.39, 0.29) is 22.3 Å². The van der Waals surface area contributed by atoms with Gasteiger partial charge >= 0.3 is 11.9 Å². The summed E-state index contributed by atoms with van der Waals surface area (Å²) < 4.78 is 63.7. The summed E-state index contributed by atoms with van der Waals surface area (Å²) in [6.07, 6.45) is 1.94. The molecule has 0 unspecified atom stereocenters. The van der Waals surface area contributed by atoms with E-state index in [1.807, 2.05) is 0 Å². The smallest absolute Gasteiger partial charge is 0.338 e. The molecule has 0 fully saturated rings. The molecular weight excluding hydrogens is 392 g/mol. The molecule has 0 aliphatic heterocycles. The zero-order valence-electron chi connectivity index (χ0n) is 15.8. The molecule has 0 aromatic heterocycles. The Hall–Kier alpha value is -3.42. The molecule has 0 saturated heterocycles. The minimum Gasteiger partial charge on any atom is -0.420 e. The molecule has 0 radical (unpaired) electrons. The first-order valence-corrected chi connectivity index (χ1v) is 8.04. The minimum absolute atomic E-state index is 0.0314. The Morgan fingerprint density at radius 2 is 1.52 bits per heavy atom. The fraction of sp³-hybridized carbons (Fsp3) is 0.143. The van der Waals surface area contributed by atoms with Gasteiger partial charge in [-0.3, -0.25) is 0 Å². The van der Waals surface area contributed by atoms with E-state index in [1.165, 1.54) is 13.8 Å². The molecule has 0 spiro atoms. The van der Waals surface area contributed by atoms with Crippen molar-refractivity contribution >= 4 is 17.5 Å². The van der Waals surface area contributed by atoms with Crippen molar-refractivity contribution in [2.24, 2.45) is 0 Å². The van der Waals surface area contributed by atoms with Crippen LogP contribution in [0.25, 0.3) is 5.57 Å². The highest BCUT2D eigenvalue weighted by molar-refractivity contribution is 5.89. The molecule has 29 heavy (non-hydrogen) atoms. The Balaban J connectivity index is 3.14. The molecule has 0 bridgehead atoms. The largest absolute Gasteiger partial charge is 0.420 e. The van der Waals surface area contributed by atoms with Gasteiger partial charge in [-0.25, -0.2) is 27.2 Å². The SMILES string of the molecule is C=C(C)C(=O)OC(/C=C\C(=C)c1cc(F)c(OC(=O)C(=C)C)c(F)c1)=C(\F)CF. The lowest BCUT2D eigenvalue weighted by Gasteiger charge is -2.09. The van der Waals surface area contributed by atoms with Gasteiger partial charge in [-0.2, -0.15) is 0 Å². The molecule has 1 rings (SSSR count). The van der Waals surface area contributed by atoms with Crippen LogP contribution in [0.2, 0.25) is 0 Å². The van der Waals surface area contributed by atoms with Crippen molar-refractivity contribution < 1.29 is 36.6 Å². The van der Waals surface area contributed by atoms with E-state index in [2.05, 4.69) is 29.2 Å². The maximum absolute atomic E-state index is 14.1. The second-order valence-corrected chi connectivity index (χ2v) is 5.87. The third-order valence-electron chi connectivity index (χ3n) is 3.28. The average molecular weight is 410 g/mol. The number of esters is 2. The zero-order valence-corrected chi connectivity index (χ0v) is 15.8. The highest BCUT2D eigenvalue weighted by atomic mass is 19.2. The molecular formula is C21H18F4O4.